The third-order valence-electron chi connectivity index (χ3n) is 2.64. The fourth-order valence-electron chi connectivity index (χ4n) is 1.59. The van der Waals surface area contributed by atoms with Crippen molar-refractivity contribution in [1.29, 1.82) is 0 Å². The third-order valence-corrected chi connectivity index (χ3v) is 3.28. The number of nitrogens with one attached hydrogen (secondary N) is 1. The van der Waals surface area contributed by atoms with Crippen LogP contribution in [0.2, 0.25) is 0 Å². The van der Waals surface area contributed by atoms with Crippen molar-refractivity contribution < 1.29 is 9.90 Å². The zero-order valence-corrected chi connectivity index (χ0v) is 11.9. The van der Waals surface area contributed by atoms with E-state index >= 15 is 0 Å². The number of carbonyl (C=O) groups is 1. The number of hydrogen-bond acceptors (Lipinski definition) is 4. The van der Waals surface area contributed by atoms with Crippen molar-refractivity contribution in [3.8, 4) is 0 Å². The predicted molar refractivity (Wildman–Crippen MR) is 76.7 cm³/mol. The van der Waals surface area contributed by atoms with E-state index in [9.17, 15) is 4.79 Å². The largest absolute Gasteiger partial charge is 0.478 e. The maximum Gasteiger partial charge on any atom is 0.335 e. The molecule has 100 valence electrons. The standard InChI is InChI=1S/C13H20N2O2S/c1-4-11-7-10(13(16)17)8-12(15-11)14-9(2)5-6-18-3/h7-9H,4-6H2,1-3H3,(H,14,15)(H,16,17). The molecule has 0 radical (unpaired) electrons. The summed E-state index contributed by atoms with van der Waals surface area (Å²) in [6, 6.07) is 3.51. The van der Waals surface area contributed by atoms with E-state index in [-0.39, 0.29) is 0 Å². The molecule has 1 aromatic heterocycles. The van der Waals surface area contributed by atoms with Gasteiger partial charge in [-0.3, -0.25) is 0 Å². The summed E-state index contributed by atoms with van der Waals surface area (Å²) in [6.45, 7) is 4.05. The molecule has 0 saturated heterocycles. The summed E-state index contributed by atoms with van der Waals surface area (Å²) in [5, 5.41) is 12.3. The average molecular weight is 268 g/mol. The molecule has 1 atom stereocenters. The Morgan fingerprint density at radius 3 is 2.83 bits per heavy atom. The van der Waals surface area contributed by atoms with Gasteiger partial charge in [0.05, 0.1) is 5.56 Å². The number of aryl methyl sites for hydroxylation is 1. The van der Waals surface area contributed by atoms with E-state index in [4.69, 9.17) is 5.11 Å². The minimum absolute atomic E-state index is 0.290. The third kappa shape index (κ3) is 4.56. The van der Waals surface area contributed by atoms with Crippen LogP contribution in [0.25, 0.3) is 0 Å². The fraction of sp³-hybridized carbons (Fsp3) is 0.538. The molecule has 0 amide bonds. The molecule has 1 heterocycles. The number of aromatic carboxylic acids is 1. The summed E-state index contributed by atoms with van der Waals surface area (Å²) < 4.78 is 0. The Morgan fingerprint density at radius 2 is 2.28 bits per heavy atom. The van der Waals surface area contributed by atoms with Crippen molar-refractivity contribution in [2.45, 2.75) is 32.7 Å². The molecule has 0 bridgehead atoms. The van der Waals surface area contributed by atoms with E-state index < -0.39 is 5.97 Å². The van der Waals surface area contributed by atoms with Gasteiger partial charge in [0.1, 0.15) is 5.82 Å². The number of nitrogens with zero attached hydrogens (tertiary/aromatic N) is 1. The van der Waals surface area contributed by atoms with Crippen LogP contribution in [0.5, 0.6) is 0 Å². The second-order valence-corrected chi connectivity index (χ2v) is 5.20. The SMILES string of the molecule is CCc1cc(C(=O)O)cc(NC(C)CCSC)n1. The highest BCUT2D eigenvalue weighted by atomic mass is 32.2. The first-order valence-electron chi connectivity index (χ1n) is 6.06. The number of pyridine rings is 1. The zero-order valence-electron chi connectivity index (χ0n) is 11.1. The van der Waals surface area contributed by atoms with Crippen LogP contribution in [0.3, 0.4) is 0 Å². The van der Waals surface area contributed by atoms with Crippen LogP contribution in [0.15, 0.2) is 12.1 Å². The summed E-state index contributed by atoms with van der Waals surface area (Å²) in [5.41, 5.74) is 1.09. The first-order chi connectivity index (χ1) is 8.56. The van der Waals surface area contributed by atoms with Gasteiger partial charge in [0, 0.05) is 11.7 Å². The molecule has 0 aromatic carbocycles. The monoisotopic (exact) mass is 268 g/mol. The smallest absolute Gasteiger partial charge is 0.335 e. The summed E-state index contributed by atoms with van der Waals surface area (Å²) in [4.78, 5) is 15.4. The van der Waals surface area contributed by atoms with Crippen LogP contribution >= 0.6 is 11.8 Å². The predicted octanol–water partition coefficient (Wildman–Crippen LogP) is 2.90. The molecule has 0 aliphatic heterocycles. The van der Waals surface area contributed by atoms with E-state index in [1.165, 1.54) is 0 Å². The first kappa shape index (κ1) is 14.8. The van der Waals surface area contributed by atoms with Gasteiger partial charge in [-0.05, 0) is 43.9 Å². The molecule has 18 heavy (non-hydrogen) atoms. The molecule has 1 aromatic rings. The summed E-state index contributed by atoms with van der Waals surface area (Å²) in [6.07, 6.45) is 3.84. The van der Waals surface area contributed by atoms with Gasteiger partial charge in [0.2, 0.25) is 0 Å². The van der Waals surface area contributed by atoms with Crippen molar-refractivity contribution >= 4 is 23.5 Å². The molecule has 5 heteroatoms. The maximum atomic E-state index is 11.0. The second-order valence-electron chi connectivity index (χ2n) is 4.22. The van der Waals surface area contributed by atoms with Crippen molar-refractivity contribution in [3.05, 3.63) is 23.4 Å². The number of thioether (sulfide) groups is 1. The van der Waals surface area contributed by atoms with Gasteiger partial charge in [-0.25, -0.2) is 9.78 Å². The minimum Gasteiger partial charge on any atom is -0.478 e. The van der Waals surface area contributed by atoms with Crippen LogP contribution in [0.1, 0.15) is 36.3 Å². The van der Waals surface area contributed by atoms with Crippen LogP contribution in [-0.4, -0.2) is 34.1 Å². The number of rotatable bonds is 7. The molecule has 1 rings (SSSR count). The van der Waals surface area contributed by atoms with Crippen molar-refractivity contribution in [3.63, 3.8) is 0 Å². The number of hydrogen-bond donors (Lipinski definition) is 2. The van der Waals surface area contributed by atoms with Gasteiger partial charge in [-0.15, -0.1) is 0 Å². The molecule has 0 aliphatic rings. The summed E-state index contributed by atoms with van der Waals surface area (Å²) >= 11 is 1.80. The lowest BCUT2D eigenvalue weighted by Crippen LogP contribution is -2.17. The summed E-state index contributed by atoms with van der Waals surface area (Å²) in [7, 11) is 0. The van der Waals surface area contributed by atoms with E-state index in [1.807, 2.05) is 6.92 Å². The van der Waals surface area contributed by atoms with Gasteiger partial charge in [-0.1, -0.05) is 6.92 Å². The highest BCUT2D eigenvalue weighted by molar-refractivity contribution is 7.98. The molecule has 1 unspecified atom stereocenters. The highest BCUT2D eigenvalue weighted by Gasteiger charge is 2.09. The number of carboxylic acid groups (broad SMARTS) is 1. The van der Waals surface area contributed by atoms with Gasteiger partial charge in [0.15, 0.2) is 0 Å². The lowest BCUT2D eigenvalue weighted by atomic mass is 10.2. The molecular formula is C13H20N2O2S. The molecular weight excluding hydrogens is 248 g/mol. The number of aromatic nitrogens is 1. The molecule has 2 N–H and O–H groups in total. The van der Waals surface area contributed by atoms with Crippen LogP contribution in [0.4, 0.5) is 5.82 Å². The normalized spacial score (nSPS) is 12.2. The van der Waals surface area contributed by atoms with Crippen LogP contribution < -0.4 is 5.32 Å². The Balaban J connectivity index is 2.81. The molecule has 0 fully saturated rings. The molecule has 0 aliphatic carbocycles. The van der Waals surface area contributed by atoms with Crippen LogP contribution in [0, 0.1) is 0 Å². The first-order valence-corrected chi connectivity index (χ1v) is 7.46. The Morgan fingerprint density at radius 1 is 1.56 bits per heavy atom. The van der Waals surface area contributed by atoms with Gasteiger partial charge in [-0.2, -0.15) is 11.8 Å². The number of anilines is 1. The topological polar surface area (TPSA) is 62.2 Å². The van der Waals surface area contributed by atoms with Crippen molar-refractivity contribution in [2.75, 3.05) is 17.3 Å². The molecule has 0 spiro atoms. The Labute approximate surface area is 112 Å². The van der Waals surface area contributed by atoms with Crippen molar-refractivity contribution in [1.82, 2.24) is 4.98 Å². The Bertz CT molecular complexity index is 410. The lowest BCUT2D eigenvalue weighted by molar-refractivity contribution is 0.0696. The summed E-state index contributed by atoms with van der Waals surface area (Å²) in [5.74, 6) is 0.820. The molecule has 4 nitrogen and oxygen atoms in total. The Kier molecular flexibility index (Phi) is 5.98. The fourth-order valence-corrected chi connectivity index (χ4v) is 2.17. The van der Waals surface area contributed by atoms with Gasteiger partial charge in [0.25, 0.3) is 0 Å². The van der Waals surface area contributed by atoms with E-state index in [2.05, 4.69) is 23.5 Å². The minimum atomic E-state index is -0.910. The quantitative estimate of drug-likeness (QED) is 0.796. The zero-order chi connectivity index (χ0) is 13.5. The van der Waals surface area contributed by atoms with E-state index in [1.54, 1.807) is 23.9 Å². The lowest BCUT2D eigenvalue weighted by Gasteiger charge is -2.15. The van der Waals surface area contributed by atoms with Gasteiger partial charge < -0.3 is 10.4 Å². The molecule has 0 saturated carbocycles. The Hall–Kier alpha value is -1.23. The van der Waals surface area contributed by atoms with E-state index in [0.29, 0.717) is 17.4 Å². The highest BCUT2D eigenvalue weighted by Crippen LogP contribution is 2.14. The maximum absolute atomic E-state index is 11.0. The second kappa shape index (κ2) is 7.26. The van der Waals surface area contributed by atoms with Gasteiger partial charge >= 0.3 is 5.97 Å². The average Bonchev–Trinajstić information content (AvgIpc) is 2.35. The van der Waals surface area contributed by atoms with Crippen molar-refractivity contribution in [2.24, 2.45) is 0 Å². The van der Waals surface area contributed by atoms with Crippen LogP contribution in [-0.2, 0) is 6.42 Å². The van der Waals surface area contributed by atoms with E-state index in [0.717, 1.165) is 24.3 Å². The number of carboxylic acids is 1.